The number of hydrogen-bond acceptors (Lipinski definition) is 5. The summed E-state index contributed by atoms with van der Waals surface area (Å²) < 4.78 is 26.6. The summed E-state index contributed by atoms with van der Waals surface area (Å²) in [6.45, 7) is 0.249. The second-order valence-electron chi connectivity index (χ2n) is 3.61. The van der Waals surface area contributed by atoms with Gasteiger partial charge in [0.2, 0.25) is 5.91 Å². The van der Waals surface area contributed by atoms with Gasteiger partial charge in [-0.2, -0.15) is 0 Å². The lowest BCUT2D eigenvalue weighted by Gasteiger charge is -2.19. The number of rotatable bonds is 5. The van der Waals surface area contributed by atoms with Gasteiger partial charge in [0, 0.05) is 33.1 Å². The third kappa shape index (κ3) is 3.27. The molecule has 0 saturated carbocycles. The number of pyridine rings is 1. The largest absolute Gasteiger partial charge is 0.359 e. The van der Waals surface area contributed by atoms with E-state index in [2.05, 4.69) is 10.3 Å². The zero-order chi connectivity index (χ0) is 13.7. The number of hydrogen-bond donors (Lipinski definition) is 3. The van der Waals surface area contributed by atoms with Gasteiger partial charge in [-0.25, -0.2) is 19.6 Å². The first-order chi connectivity index (χ1) is 8.49. The van der Waals surface area contributed by atoms with Crippen molar-refractivity contribution in [3.8, 4) is 0 Å². The van der Waals surface area contributed by atoms with Crippen molar-refractivity contribution in [1.82, 2.24) is 10.3 Å². The van der Waals surface area contributed by atoms with Crippen molar-refractivity contribution in [2.24, 2.45) is 5.84 Å². The second kappa shape index (κ2) is 6.10. The van der Waals surface area contributed by atoms with Crippen molar-refractivity contribution < 1.29 is 13.6 Å². The van der Waals surface area contributed by atoms with Crippen molar-refractivity contribution in [2.45, 2.75) is 6.42 Å². The maximum Gasteiger partial charge on any atom is 0.221 e. The van der Waals surface area contributed by atoms with Crippen LogP contribution in [0, 0.1) is 11.6 Å². The van der Waals surface area contributed by atoms with Gasteiger partial charge in [0.15, 0.2) is 23.3 Å². The minimum absolute atomic E-state index is 0.0757. The number of nitrogens with one attached hydrogen (secondary N) is 2. The summed E-state index contributed by atoms with van der Waals surface area (Å²) >= 11 is 0. The number of halogens is 2. The van der Waals surface area contributed by atoms with E-state index >= 15 is 0 Å². The zero-order valence-corrected chi connectivity index (χ0v) is 10.1. The highest BCUT2D eigenvalue weighted by molar-refractivity contribution is 5.76. The normalized spacial score (nSPS) is 10.1. The van der Waals surface area contributed by atoms with Gasteiger partial charge in [-0.05, 0) is 0 Å². The average molecular weight is 259 g/mol. The van der Waals surface area contributed by atoms with Crippen LogP contribution in [0.3, 0.4) is 0 Å². The van der Waals surface area contributed by atoms with Crippen LogP contribution < -0.4 is 21.5 Å². The molecule has 0 aromatic carbocycles. The highest BCUT2D eigenvalue weighted by Gasteiger charge is 2.15. The van der Waals surface area contributed by atoms with Crippen molar-refractivity contribution in [3.05, 3.63) is 17.7 Å². The zero-order valence-electron chi connectivity index (χ0n) is 10.1. The molecule has 0 saturated heterocycles. The van der Waals surface area contributed by atoms with E-state index in [0.29, 0.717) is 6.07 Å². The lowest BCUT2D eigenvalue weighted by molar-refractivity contribution is -0.120. The van der Waals surface area contributed by atoms with Gasteiger partial charge in [-0.1, -0.05) is 0 Å². The monoisotopic (exact) mass is 259 g/mol. The van der Waals surface area contributed by atoms with Crippen molar-refractivity contribution in [1.29, 1.82) is 0 Å². The molecule has 0 atom stereocenters. The van der Waals surface area contributed by atoms with Gasteiger partial charge in [0.25, 0.3) is 0 Å². The Morgan fingerprint density at radius 1 is 1.50 bits per heavy atom. The topological polar surface area (TPSA) is 83.3 Å². The quantitative estimate of drug-likeness (QED) is 0.520. The van der Waals surface area contributed by atoms with Gasteiger partial charge >= 0.3 is 0 Å². The molecule has 0 fully saturated rings. The number of carbonyl (C=O) groups excluding carboxylic acids is 1. The van der Waals surface area contributed by atoms with Crippen LogP contribution in [0.4, 0.5) is 20.4 Å². The molecule has 0 unspecified atom stereocenters. The molecular weight excluding hydrogens is 244 g/mol. The van der Waals surface area contributed by atoms with E-state index in [4.69, 9.17) is 5.84 Å². The Hall–Kier alpha value is -1.96. The first-order valence-corrected chi connectivity index (χ1v) is 5.24. The van der Waals surface area contributed by atoms with Crippen LogP contribution >= 0.6 is 0 Å². The van der Waals surface area contributed by atoms with E-state index in [1.165, 1.54) is 11.9 Å². The van der Waals surface area contributed by atoms with E-state index in [9.17, 15) is 13.6 Å². The fourth-order valence-electron chi connectivity index (χ4n) is 1.33. The summed E-state index contributed by atoms with van der Waals surface area (Å²) in [5.41, 5.74) is 2.04. The van der Waals surface area contributed by atoms with Crippen LogP contribution in [-0.2, 0) is 4.79 Å². The van der Waals surface area contributed by atoms with Gasteiger partial charge in [-0.3, -0.25) is 4.79 Å². The van der Waals surface area contributed by atoms with E-state index in [1.54, 1.807) is 7.05 Å². The molecule has 18 heavy (non-hydrogen) atoms. The lowest BCUT2D eigenvalue weighted by Crippen LogP contribution is -2.28. The Morgan fingerprint density at radius 2 is 2.17 bits per heavy atom. The number of anilines is 2. The van der Waals surface area contributed by atoms with Crippen molar-refractivity contribution >= 4 is 17.5 Å². The summed E-state index contributed by atoms with van der Waals surface area (Å²) in [5, 5.41) is 2.45. The van der Waals surface area contributed by atoms with Crippen molar-refractivity contribution in [2.75, 3.05) is 31.0 Å². The van der Waals surface area contributed by atoms with Crippen LogP contribution in [-0.4, -0.2) is 31.5 Å². The van der Waals surface area contributed by atoms with Gasteiger partial charge in [-0.15, -0.1) is 0 Å². The number of carbonyl (C=O) groups is 1. The summed E-state index contributed by atoms with van der Waals surface area (Å²) in [4.78, 5) is 16.2. The minimum Gasteiger partial charge on any atom is -0.359 e. The molecule has 100 valence electrons. The molecule has 0 spiro atoms. The minimum atomic E-state index is -0.876. The van der Waals surface area contributed by atoms with Gasteiger partial charge < -0.3 is 15.6 Å². The van der Waals surface area contributed by atoms with Crippen LogP contribution in [0.15, 0.2) is 6.07 Å². The van der Waals surface area contributed by atoms with Gasteiger partial charge in [0.05, 0.1) is 0 Å². The molecule has 1 aromatic rings. The molecule has 4 N–H and O–H groups in total. The Morgan fingerprint density at radius 3 is 2.72 bits per heavy atom. The van der Waals surface area contributed by atoms with Crippen molar-refractivity contribution in [3.63, 3.8) is 0 Å². The molecule has 0 bridgehead atoms. The predicted molar refractivity (Wildman–Crippen MR) is 63.9 cm³/mol. The van der Waals surface area contributed by atoms with Crippen LogP contribution in [0.25, 0.3) is 0 Å². The van der Waals surface area contributed by atoms with E-state index in [0.717, 1.165) is 0 Å². The third-order valence-electron chi connectivity index (χ3n) is 2.36. The molecule has 0 aliphatic rings. The Kier molecular flexibility index (Phi) is 4.78. The fourth-order valence-corrected chi connectivity index (χ4v) is 1.33. The molecule has 0 aliphatic carbocycles. The third-order valence-corrected chi connectivity index (χ3v) is 2.36. The van der Waals surface area contributed by atoms with E-state index in [1.807, 2.05) is 5.43 Å². The molecule has 6 nitrogen and oxygen atoms in total. The van der Waals surface area contributed by atoms with Crippen LogP contribution in [0.5, 0.6) is 0 Å². The number of amides is 1. The first-order valence-electron chi connectivity index (χ1n) is 5.24. The lowest BCUT2D eigenvalue weighted by atomic mass is 10.3. The molecular formula is C10H15F2N5O. The average Bonchev–Trinajstić information content (AvgIpc) is 2.35. The molecule has 8 heteroatoms. The molecule has 1 amide bonds. The number of hydrazine groups is 1. The highest BCUT2D eigenvalue weighted by atomic mass is 19.1. The number of nitrogens with two attached hydrogens (primary N) is 1. The summed E-state index contributed by atoms with van der Waals surface area (Å²) in [7, 11) is 3.06. The maximum absolute atomic E-state index is 13.5. The predicted octanol–water partition coefficient (Wildman–Crippen LogP) is 0.218. The summed E-state index contributed by atoms with van der Waals surface area (Å²) in [5.74, 6) is 2.86. The molecule has 1 heterocycles. The first kappa shape index (κ1) is 14.1. The number of nitrogens with zero attached hydrogens (tertiary/aromatic N) is 2. The number of aromatic nitrogens is 1. The second-order valence-corrected chi connectivity index (χ2v) is 3.61. The fraction of sp³-hybridized carbons (Fsp3) is 0.400. The maximum atomic E-state index is 13.5. The smallest absolute Gasteiger partial charge is 0.221 e. The molecule has 0 aliphatic heterocycles. The standard InChI is InChI=1S/C10H15F2N5O/c1-14-8(18)3-4-17(2)10-7(12)5-6(11)9(15-10)16-13/h5H,3-4,13H2,1-2H3,(H,14,18)(H,15,16). The summed E-state index contributed by atoms with van der Waals surface area (Å²) in [6, 6.07) is 0.688. The Labute approximate surface area is 103 Å². The molecule has 1 rings (SSSR count). The molecule has 1 aromatic heterocycles. The summed E-state index contributed by atoms with van der Waals surface area (Å²) in [6.07, 6.45) is 0.177. The van der Waals surface area contributed by atoms with Crippen LogP contribution in [0.1, 0.15) is 6.42 Å². The van der Waals surface area contributed by atoms with Crippen LogP contribution in [0.2, 0.25) is 0 Å². The highest BCUT2D eigenvalue weighted by Crippen LogP contribution is 2.20. The Balaban J connectivity index is 2.84. The van der Waals surface area contributed by atoms with E-state index in [-0.39, 0.29) is 30.5 Å². The van der Waals surface area contributed by atoms with E-state index < -0.39 is 11.6 Å². The Bertz CT molecular complexity index is 441. The SMILES string of the molecule is CNC(=O)CCN(C)c1nc(NN)c(F)cc1F. The number of nitrogen functional groups attached to an aromatic ring is 1. The molecule has 0 radical (unpaired) electrons. The van der Waals surface area contributed by atoms with Gasteiger partial charge in [0.1, 0.15) is 0 Å².